The number of hydrogen-bond acceptors (Lipinski definition) is 5. The van der Waals surface area contributed by atoms with Crippen molar-refractivity contribution < 1.29 is 14.3 Å². The lowest BCUT2D eigenvalue weighted by molar-refractivity contribution is -0.123. The fourth-order valence-electron chi connectivity index (χ4n) is 2.53. The summed E-state index contributed by atoms with van der Waals surface area (Å²) < 4.78 is 11.2. The summed E-state index contributed by atoms with van der Waals surface area (Å²) in [6.07, 6.45) is 7.12. The highest BCUT2D eigenvalue weighted by molar-refractivity contribution is 8.18. The molecule has 0 aliphatic carbocycles. The van der Waals surface area contributed by atoms with Gasteiger partial charge in [-0.15, -0.1) is 6.42 Å². The monoisotopic (exact) mass is 386 g/mol. The summed E-state index contributed by atoms with van der Waals surface area (Å²) >= 11 is 1.40. The molecule has 0 radical (unpaired) electrons. The molecule has 27 heavy (non-hydrogen) atoms. The van der Waals surface area contributed by atoms with Gasteiger partial charge in [-0.3, -0.25) is 14.7 Å². The molecule has 1 aliphatic rings. The van der Waals surface area contributed by atoms with Gasteiger partial charge in [0.05, 0.1) is 11.5 Å². The summed E-state index contributed by atoms with van der Waals surface area (Å²) in [4.78, 5) is 19.8. The van der Waals surface area contributed by atoms with Crippen molar-refractivity contribution in [2.75, 3.05) is 13.2 Å². The van der Waals surface area contributed by atoms with E-state index in [9.17, 15) is 4.79 Å². The molecule has 1 saturated heterocycles. The van der Waals surface area contributed by atoms with Crippen LogP contribution in [-0.4, -0.2) is 41.3 Å². The molecule has 6 heteroatoms. The zero-order valence-corrected chi connectivity index (χ0v) is 17.3. The van der Waals surface area contributed by atoms with E-state index >= 15 is 0 Å². The molecular formula is C21H26N2O3S. The molecule has 1 heterocycles. The average molecular weight is 387 g/mol. The maximum Gasteiger partial charge on any atom is 0.266 e. The van der Waals surface area contributed by atoms with Crippen LogP contribution in [0.15, 0.2) is 28.1 Å². The largest absolute Gasteiger partial charge is 0.490 e. The van der Waals surface area contributed by atoms with Gasteiger partial charge in [-0.25, -0.2) is 0 Å². The summed E-state index contributed by atoms with van der Waals surface area (Å²) in [5.41, 5.74) is 0.858. The second kappa shape index (κ2) is 9.52. The molecule has 1 fully saturated rings. The number of amides is 1. The van der Waals surface area contributed by atoms with Crippen LogP contribution in [0.1, 0.15) is 40.2 Å². The van der Waals surface area contributed by atoms with Crippen LogP contribution in [0.4, 0.5) is 0 Å². The van der Waals surface area contributed by atoms with Crippen LogP contribution in [-0.2, 0) is 4.79 Å². The van der Waals surface area contributed by atoms with E-state index in [0.717, 1.165) is 10.7 Å². The molecule has 5 nitrogen and oxygen atoms in total. The van der Waals surface area contributed by atoms with Gasteiger partial charge in [0.25, 0.3) is 5.91 Å². The van der Waals surface area contributed by atoms with Crippen molar-refractivity contribution in [3.05, 3.63) is 28.7 Å². The van der Waals surface area contributed by atoms with Gasteiger partial charge in [-0.2, -0.15) is 0 Å². The van der Waals surface area contributed by atoms with Crippen LogP contribution in [0.2, 0.25) is 0 Å². The van der Waals surface area contributed by atoms with E-state index in [1.54, 1.807) is 4.90 Å². The number of carbonyl (C=O) groups excluding carboxylic acids is 1. The molecule has 1 aliphatic heterocycles. The molecule has 1 amide bonds. The second-order valence-corrected chi connectivity index (χ2v) is 7.53. The van der Waals surface area contributed by atoms with Crippen LogP contribution >= 0.6 is 11.8 Å². The van der Waals surface area contributed by atoms with Gasteiger partial charge in [-0.1, -0.05) is 12.0 Å². The maximum atomic E-state index is 12.8. The van der Waals surface area contributed by atoms with E-state index in [4.69, 9.17) is 15.9 Å². The van der Waals surface area contributed by atoms with Gasteiger partial charge in [0.2, 0.25) is 0 Å². The first-order chi connectivity index (χ1) is 12.9. The SMILES string of the molecule is C#CCOc1ccc(/C=C2/SC(=NC(C)C)N(C(C)C)C2=O)cc1OCC. The topological polar surface area (TPSA) is 51.1 Å². The van der Waals surface area contributed by atoms with Gasteiger partial charge in [0, 0.05) is 12.1 Å². The Labute approximate surface area is 165 Å². The van der Waals surface area contributed by atoms with E-state index < -0.39 is 0 Å². The fourth-order valence-corrected chi connectivity index (χ4v) is 3.76. The van der Waals surface area contributed by atoms with E-state index in [2.05, 4.69) is 10.9 Å². The van der Waals surface area contributed by atoms with Crippen LogP contribution in [0.3, 0.4) is 0 Å². The summed E-state index contributed by atoms with van der Waals surface area (Å²) in [6, 6.07) is 5.72. The highest BCUT2D eigenvalue weighted by Crippen LogP contribution is 2.36. The first-order valence-electron chi connectivity index (χ1n) is 9.01. The second-order valence-electron chi connectivity index (χ2n) is 6.52. The maximum absolute atomic E-state index is 12.8. The number of rotatable bonds is 7. The number of hydrogen-bond donors (Lipinski definition) is 0. The molecule has 0 bridgehead atoms. The lowest BCUT2D eigenvalue weighted by Crippen LogP contribution is -2.35. The molecule has 0 spiro atoms. The normalized spacial score (nSPS) is 17.3. The molecule has 0 saturated carbocycles. The van der Waals surface area contributed by atoms with Crippen molar-refractivity contribution >= 4 is 28.9 Å². The Morgan fingerprint density at radius 1 is 1.26 bits per heavy atom. The molecule has 1 aromatic rings. The number of terminal acetylenes is 1. The standard InChI is InChI=1S/C21H26N2O3S/c1-7-11-26-17-10-9-16(12-18(17)25-8-2)13-19-20(24)23(15(5)6)21(27-19)22-14(3)4/h1,9-10,12-15H,8,11H2,2-6H3/b19-13+,22-21?. The highest BCUT2D eigenvalue weighted by Gasteiger charge is 2.35. The number of carbonyl (C=O) groups is 1. The Morgan fingerprint density at radius 2 is 2.00 bits per heavy atom. The lowest BCUT2D eigenvalue weighted by Gasteiger charge is -2.20. The average Bonchev–Trinajstić information content (AvgIpc) is 2.89. The van der Waals surface area contributed by atoms with E-state index in [1.165, 1.54) is 11.8 Å². The summed E-state index contributed by atoms with van der Waals surface area (Å²) in [5, 5.41) is 0.746. The van der Waals surface area contributed by atoms with Crippen LogP contribution in [0.25, 0.3) is 6.08 Å². The molecule has 0 unspecified atom stereocenters. The van der Waals surface area contributed by atoms with Crippen molar-refractivity contribution in [1.29, 1.82) is 0 Å². The molecule has 2 rings (SSSR count). The number of nitrogens with zero attached hydrogens (tertiary/aromatic N) is 2. The number of aliphatic imine (C=N–C) groups is 1. The zero-order valence-electron chi connectivity index (χ0n) is 16.5. The quantitative estimate of drug-likeness (QED) is 0.521. The Morgan fingerprint density at radius 3 is 2.59 bits per heavy atom. The Hall–Kier alpha value is -2.39. The van der Waals surface area contributed by atoms with Gasteiger partial charge < -0.3 is 9.47 Å². The van der Waals surface area contributed by atoms with Gasteiger partial charge >= 0.3 is 0 Å². The van der Waals surface area contributed by atoms with E-state index in [1.807, 2.05) is 58.9 Å². The minimum atomic E-state index is -0.0278. The van der Waals surface area contributed by atoms with Crippen molar-refractivity contribution in [3.8, 4) is 23.8 Å². The number of benzene rings is 1. The van der Waals surface area contributed by atoms with Crippen LogP contribution in [0, 0.1) is 12.3 Å². The summed E-state index contributed by atoms with van der Waals surface area (Å²) in [5.74, 6) is 3.61. The Bertz CT molecular complexity index is 791. The first-order valence-corrected chi connectivity index (χ1v) is 9.83. The van der Waals surface area contributed by atoms with Gasteiger partial charge in [0.15, 0.2) is 16.7 Å². The Balaban J connectivity index is 2.36. The molecule has 0 atom stereocenters. The fraction of sp³-hybridized carbons (Fsp3) is 0.429. The summed E-state index contributed by atoms with van der Waals surface area (Å²) in [7, 11) is 0. The molecule has 0 N–H and O–H groups in total. The van der Waals surface area contributed by atoms with Crippen molar-refractivity contribution in [2.45, 2.75) is 46.7 Å². The molecule has 1 aromatic carbocycles. The smallest absolute Gasteiger partial charge is 0.266 e. The molecule has 144 valence electrons. The zero-order chi connectivity index (χ0) is 20.0. The summed E-state index contributed by atoms with van der Waals surface area (Å²) in [6.45, 7) is 10.6. The van der Waals surface area contributed by atoms with Crippen LogP contribution < -0.4 is 9.47 Å². The van der Waals surface area contributed by atoms with E-state index in [-0.39, 0.29) is 24.6 Å². The number of thioether (sulfide) groups is 1. The van der Waals surface area contributed by atoms with E-state index in [0.29, 0.717) is 23.0 Å². The molecule has 0 aromatic heterocycles. The highest BCUT2D eigenvalue weighted by atomic mass is 32.2. The van der Waals surface area contributed by atoms with Crippen molar-refractivity contribution in [2.24, 2.45) is 4.99 Å². The van der Waals surface area contributed by atoms with Crippen molar-refractivity contribution in [3.63, 3.8) is 0 Å². The lowest BCUT2D eigenvalue weighted by atomic mass is 10.1. The number of ether oxygens (including phenoxy) is 2. The Kier molecular flexibility index (Phi) is 7.37. The first kappa shape index (κ1) is 20.9. The molecular weight excluding hydrogens is 360 g/mol. The minimum absolute atomic E-state index is 0.0278. The third kappa shape index (κ3) is 5.30. The predicted molar refractivity (Wildman–Crippen MR) is 112 cm³/mol. The number of amidine groups is 1. The third-order valence-electron chi connectivity index (χ3n) is 3.60. The van der Waals surface area contributed by atoms with Crippen molar-refractivity contribution in [1.82, 2.24) is 4.90 Å². The van der Waals surface area contributed by atoms with Crippen LogP contribution in [0.5, 0.6) is 11.5 Å². The minimum Gasteiger partial charge on any atom is -0.490 e. The third-order valence-corrected chi connectivity index (χ3v) is 4.60. The predicted octanol–water partition coefficient (Wildman–Crippen LogP) is 4.19. The van der Waals surface area contributed by atoms with Gasteiger partial charge in [0.1, 0.15) is 6.61 Å². The van der Waals surface area contributed by atoms with Gasteiger partial charge in [-0.05, 0) is 70.2 Å².